The number of aliphatic carboxylic acids is 2. The molecule has 0 unspecified atom stereocenters. The van der Waals surface area contributed by atoms with Gasteiger partial charge in [-0.2, -0.15) is 9.97 Å². The molecule has 0 spiro atoms. The van der Waals surface area contributed by atoms with Crippen LogP contribution in [-0.4, -0.2) is 61.1 Å². The molecule has 3 rings (SSSR count). The Kier molecular flexibility index (Phi) is 7.17. The Hall–Kier alpha value is -4.69. The number of nitrogens with one attached hydrogen (secondary N) is 1. The third-order valence-corrected chi connectivity index (χ3v) is 4.81. The Labute approximate surface area is 195 Å². The summed E-state index contributed by atoms with van der Waals surface area (Å²) in [5.74, 6) is -6.12. The van der Waals surface area contributed by atoms with Gasteiger partial charge in [-0.15, -0.1) is 0 Å². The molecule has 0 saturated carbocycles. The largest absolute Gasteiger partial charge is 0.481 e. The average molecular weight is 490 g/mol. The molecule has 15 heteroatoms. The summed E-state index contributed by atoms with van der Waals surface area (Å²) in [5, 5.41) is 19.9. The molecular formula is C20H20F2N8O5. The van der Waals surface area contributed by atoms with E-state index in [1.54, 1.807) is 0 Å². The maximum atomic E-state index is 14.8. The van der Waals surface area contributed by atoms with Gasteiger partial charge in [0.05, 0.1) is 18.4 Å². The molecule has 0 radical (unpaired) electrons. The summed E-state index contributed by atoms with van der Waals surface area (Å²) in [6, 6.07) is -0.0764. The number of nitrogen functional groups attached to an aromatic ring is 2. The normalized spacial score (nSPS) is 11.7. The van der Waals surface area contributed by atoms with Crippen molar-refractivity contribution in [3.8, 4) is 0 Å². The molecule has 2 heterocycles. The van der Waals surface area contributed by atoms with Gasteiger partial charge in [0.1, 0.15) is 23.4 Å². The number of hydrogen-bond donors (Lipinski definition) is 5. The van der Waals surface area contributed by atoms with Crippen molar-refractivity contribution in [3.05, 3.63) is 41.2 Å². The second-order valence-electron chi connectivity index (χ2n) is 7.44. The average Bonchev–Trinajstić information content (AvgIpc) is 2.75. The number of nitrogens with two attached hydrogens (primary N) is 2. The van der Waals surface area contributed by atoms with Gasteiger partial charge in [0.15, 0.2) is 17.0 Å². The van der Waals surface area contributed by atoms with Gasteiger partial charge < -0.3 is 31.9 Å². The molecule has 0 fully saturated rings. The first-order chi connectivity index (χ1) is 16.5. The molecule has 13 nitrogen and oxygen atoms in total. The van der Waals surface area contributed by atoms with Crippen LogP contribution in [0.25, 0.3) is 11.2 Å². The van der Waals surface area contributed by atoms with Gasteiger partial charge in [-0.05, 0) is 18.6 Å². The van der Waals surface area contributed by atoms with Crippen LogP contribution in [0.3, 0.4) is 0 Å². The van der Waals surface area contributed by atoms with Gasteiger partial charge in [0.25, 0.3) is 5.91 Å². The molecule has 35 heavy (non-hydrogen) atoms. The van der Waals surface area contributed by atoms with E-state index in [1.165, 1.54) is 18.1 Å². The molecule has 2 aromatic heterocycles. The molecule has 0 aliphatic carbocycles. The van der Waals surface area contributed by atoms with Crippen molar-refractivity contribution in [1.29, 1.82) is 0 Å². The Morgan fingerprint density at radius 3 is 2.37 bits per heavy atom. The molecule has 1 amide bonds. The molecular weight excluding hydrogens is 470 g/mol. The summed E-state index contributed by atoms with van der Waals surface area (Å²) in [6.45, 7) is -0.109. The fourth-order valence-electron chi connectivity index (χ4n) is 3.21. The van der Waals surface area contributed by atoms with E-state index in [0.29, 0.717) is 0 Å². The van der Waals surface area contributed by atoms with Crippen molar-refractivity contribution in [2.45, 2.75) is 25.4 Å². The predicted octanol–water partition coefficient (Wildman–Crippen LogP) is 0.547. The van der Waals surface area contributed by atoms with Crippen LogP contribution < -0.4 is 21.7 Å². The van der Waals surface area contributed by atoms with E-state index in [2.05, 4.69) is 25.3 Å². The second kappa shape index (κ2) is 10.1. The lowest BCUT2D eigenvalue weighted by Gasteiger charge is -2.21. The number of nitrogens with zero attached hydrogens (tertiary/aromatic N) is 5. The number of carboxylic acids is 2. The van der Waals surface area contributed by atoms with Gasteiger partial charge in [-0.1, -0.05) is 0 Å². The predicted molar refractivity (Wildman–Crippen MR) is 118 cm³/mol. The first kappa shape index (κ1) is 24.9. The zero-order chi connectivity index (χ0) is 25.9. The number of carbonyl (C=O) groups excluding carboxylic acids is 1. The number of benzene rings is 1. The fourth-order valence-corrected chi connectivity index (χ4v) is 3.21. The number of carboxylic acid groups (broad SMARTS) is 2. The number of amides is 1. The van der Waals surface area contributed by atoms with Crippen molar-refractivity contribution in [2.75, 3.05) is 23.4 Å². The van der Waals surface area contributed by atoms with Crippen molar-refractivity contribution < 1.29 is 33.4 Å². The van der Waals surface area contributed by atoms with E-state index in [9.17, 15) is 23.2 Å². The Bertz CT molecular complexity index is 1300. The third-order valence-electron chi connectivity index (χ3n) is 4.81. The number of carbonyl (C=O) groups is 3. The molecule has 0 aliphatic heterocycles. The van der Waals surface area contributed by atoms with Crippen LogP contribution in [0.1, 0.15) is 28.9 Å². The summed E-state index contributed by atoms with van der Waals surface area (Å²) in [7, 11) is 1.38. The molecule has 0 saturated heterocycles. The second-order valence-corrected chi connectivity index (χ2v) is 7.44. The van der Waals surface area contributed by atoms with Crippen LogP contribution in [0, 0.1) is 11.6 Å². The SMILES string of the molecule is CN(Cc1cnc2nc(N)nc(N)c2n1)c1c(F)cc(C(=O)N[C@H](CCC(=O)O)C(=O)O)cc1F. The van der Waals surface area contributed by atoms with Gasteiger partial charge >= 0.3 is 11.9 Å². The minimum Gasteiger partial charge on any atom is -0.481 e. The van der Waals surface area contributed by atoms with Crippen LogP contribution in [0.2, 0.25) is 0 Å². The van der Waals surface area contributed by atoms with Gasteiger partial charge in [-0.25, -0.2) is 23.5 Å². The van der Waals surface area contributed by atoms with Crippen LogP contribution >= 0.6 is 0 Å². The highest BCUT2D eigenvalue weighted by Gasteiger charge is 2.24. The summed E-state index contributed by atoms with van der Waals surface area (Å²) >= 11 is 0. The van der Waals surface area contributed by atoms with Gasteiger partial charge in [-0.3, -0.25) is 9.59 Å². The molecule has 1 aromatic carbocycles. The smallest absolute Gasteiger partial charge is 0.326 e. The van der Waals surface area contributed by atoms with Crippen LogP contribution in [-0.2, 0) is 16.1 Å². The lowest BCUT2D eigenvalue weighted by atomic mass is 10.1. The maximum absolute atomic E-state index is 14.8. The quantitative estimate of drug-likeness (QED) is 0.278. The molecule has 184 valence electrons. The lowest BCUT2D eigenvalue weighted by molar-refractivity contribution is -0.140. The van der Waals surface area contributed by atoms with E-state index in [-0.39, 0.29) is 35.2 Å². The number of rotatable bonds is 9. The molecule has 1 atom stereocenters. The van der Waals surface area contributed by atoms with E-state index >= 15 is 0 Å². The highest BCUT2D eigenvalue weighted by atomic mass is 19.1. The Morgan fingerprint density at radius 2 is 1.77 bits per heavy atom. The van der Waals surface area contributed by atoms with E-state index < -0.39 is 59.6 Å². The first-order valence-corrected chi connectivity index (χ1v) is 9.96. The number of halogens is 2. The minimum atomic E-state index is -1.55. The topological polar surface area (TPSA) is 211 Å². The number of anilines is 3. The van der Waals surface area contributed by atoms with Crippen LogP contribution in [0.15, 0.2) is 18.3 Å². The summed E-state index contributed by atoms with van der Waals surface area (Å²) in [5.41, 5.74) is 10.9. The summed E-state index contributed by atoms with van der Waals surface area (Å²) in [6.07, 6.45) is 0.398. The zero-order valence-electron chi connectivity index (χ0n) is 18.2. The van der Waals surface area contributed by atoms with E-state index in [1.807, 2.05) is 0 Å². The maximum Gasteiger partial charge on any atom is 0.326 e. The molecule has 7 N–H and O–H groups in total. The minimum absolute atomic E-state index is 0.0137. The fraction of sp³-hybridized carbons (Fsp3) is 0.250. The van der Waals surface area contributed by atoms with Crippen molar-refractivity contribution >= 4 is 46.5 Å². The van der Waals surface area contributed by atoms with Crippen molar-refractivity contribution in [1.82, 2.24) is 25.3 Å². The van der Waals surface area contributed by atoms with Crippen LogP contribution in [0.4, 0.5) is 26.2 Å². The highest BCUT2D eigenvalue weighted by molar-refractivity contribution is 5.97. The van der Waals surface area contributed by atoms with Crippen molar-refractivity contribution in [3.63, 3.8) is 0 Å². The zero-order valence-corrected chi connectivity index (χ0v) is 18.2. The Morgan fingerprint density at radius 1 is 1.11 bits per heavy atom. The van der Waals surface area contributed by atoms with E-state index in [0.717, 1.165) is 12.1 Å². The number of aromatic nitrogens is 4. The molecule has 3 aromatic rings. The standard InChI is InChI=1S/C20H20F2N8O5/c1-30(7-9-6-25-17-14(26-9)16(23)28-20(24)29-17)15-10(21)4-8(5-11(15)22)18(33)27-12(19(34)35)2-3-13(31)32/h4-6,12H,2-3,7H2,1H3,(H,27,33)(H,31,32)(H,34,35)(H4,23,24,25,28,29)/t12-/m1/s1. The van der Waals surface area contributed by atoms with Crippen LogP contribution in [0.5, 0.6) is 0 Å². The monoisotopic (exact) mass is 490 g/mol. The number of fused-ring (bicyclic) bond motifs is 1. The van der Waals surface area contributed by atoms with Gasteiger partial charge in [0, 0.05) is 19.0 Å². The van der Waals surface area contributed by atoms with Crippen molar-refractivity contribution in [2.24, 2.45) is 0 Å². The van der Waals surface area contributed by atoms with Gasteiger partial charge in [0.2, 0.25) is 5.95 Å². The number of hydrogen-bond acceptors (Lipinski definition) is 10. The first-order valence-electron chi connectivity index (χ1n) is 9.96. The third kappa shape index (κ3) is 5.82. The highest BCUT2D eigenvalue weighted by Crippen LogP contribution is 2.26. The lowest BCUT2D eigenvalue weighted by Crippen LogP contribution is -2.41. The summed E-state index contributed by atoms with van der Waals surface area (Å²) in [4.78, 5) is 51.5. The Balaban J connectivity index is 1.80. The van der Waals surface area contributed by atoms with E-state index in [4.69, 9.17) is 21.7 Å². The molecule has 0 aliphatic rings. The molecule has 0 bridgehead atoms. The summed E-state index contributed by atoms with van der Waals surface area (Å²) < 4.78 is 29.6.